The van der Waals surface area contributed by atoms with Gasteiger partial charge in [-0.1, -0.05) is 24.3 Å². The number of nitrogens with zero attached hydrogens (tertiary/aromatic N) is 1. The van der Waals surface area contributed by atoms with E-state index in [4.69, 9.17) is 0 Å². The van der Waals surface area contributed by atoms with Crippen LogP contribution in [0.2, 0.25) is 0 Å². The number of hydrogen-bond acceptors (Lipinski definition) is 3. The van der Waals surface area contributed by atoms with Crippen molar-refractivity contribution in [1.82, 2.24) is 10.2 Å². The molecule has 1 aromatic carbocycles. The lowest BCUT2D eigenvalue weighted by Crippen LogP contribution is -2.51. The highest BCUT2D eigenvalue weighted by atomic mass is 16.3. The first-order chi connectivity index (χ1) is 11.1. The van der Waals surface area contributed by atoms with Gasteiger partial charge in [-0.15, -0.1) is 0 Å². The molecule has 0 unspecified atom stereocenters. The molecule has 0 aromatic heterocycles. The van der Waals surface area contributed by atoms with E-state index in [-0.39, 0.29) is 11.9 Å². The van der Waals surface area contributed by atoms with Crippen LogP contribution in [-0.4, -0.2) is 40.6 Å². The molecule has 2 aliphatic rings. The minimum atomic E-state index is -1.10. The van der Waals surface area contributed by atoms with Crippen molar-refractivity contribution in [2.75, 3.05) is 13.1 Å². The summed E-state index contributed by atoms with van der Waals surface area (Å²) in [6.45, 7) is 5.14. The van der Waals surface area contributed by atoms with E-state index in [9.17, 15) is 9.90 Å². The zero-order valence-corrected chi connectivity index (χ0v) is 14.1. The van der Waals surface area contributed by atoms with Gasteiger partial charge in [0, 0.05) is 25.7 Å². The van der Waals surface area contributed by atoms with Gasteiger partial charge in [0.05, 0.1) is 0 Å². The van der Waals surface area contributed by atoms with Crippen molar-refractivity contribution < 1.29 is 9.90 Å². The van der Waals surface area contributed by atoms with Crippen LogP contribution in [0.15, 0.2) is 24.3 Å². The van der Waals surface area contributed by atoms with Crippen LogP contribution in [0.5, 0.6) is 0 Å². The van der Waals surface area contributed by atoms with Crippen molar-refractivity contribution in [2.24, 2.45) is 0 Å². The summed E-state index contributed by atoms with van der Waals surface area (Å²) in [4.78, 5) is 14.7. The molecule has 1 saturated heterocycles. The molecule has 2 N–H and O–H groups in total. The summed E-state index contributed by atoms with van der Waals surface area (Å²) in [5.41, 5.74) is 1.62. The quantitative estimate of drug-likeness (QED) is 0.897. The lowest BCUT2D eigenvalue weighted by Gasteiger charge is -2.34. The lowest BCUT2D eigenvalue weighted by molar-refractivity contribution is -0.140. The van der Waals surface area contributed by atoms with Crippen molar-refractivity contribution in [3.8, 4) is 0 Å². The predicted octanol–water partition coefficient (Wildman–Crippen LogP) is 2.38. The van der Waals surface area contributed by atoms with Gasteiger partial charge in [-0.05, 0) is 56.6 Å². The number of aryl methyl sites for hydroxylation is 1. The molecule has 0 bridgehead atoms. The van der Waals surface area contributed by atoms with Crippen LogP contribution in [0.25, 0.3) is 0 Å². The Morgan fingerprint density at radius 1 is 1.26 bits per heavy atom. The van der Waals surface area contributed by atoms with Gasteiger partial charge in [-0.3, -0.25) is 9.69 Å². The van der Waals surface area contributed by atoms with Crippen molar-refractivity contribution >= 4 is 5.91 Å². The van der Waals surface area contributed by atoms with Crippen LogP contribution < -0.4 is 5.32 Å². The third-order valence-corrected chi connectivity index (χ3v) is 5.43. The van der Waals surface area contributed by atoms with E-state index in [1.54, 1.807) is 0 Å². The number of carbonyl (C=O) groups is 1. The SMILES string of the molecule is Cc1ccccc1CN1CCC(NC(=O)C2(O)CCCC2)CC1. The molecule has 4 nitrogen and oxygen atoms in total. The van der Waals surface area contributed by atoms with Crippen molar-refractivity contribution in [3.63, 3.8) is 0 Å². The summed E-state index contributed by atoms with van der Waals surface area (Å²) < 4.78 is 0. The molecule has 4 heteroatoms. The summed E-state index contributed by atoms with van der Waals surface area (Å²) in [5, 5.41) is 13.4. The average molecular weight is 316 g/mol. The Kier molecular flexibility index (Phi) is 5.02. The zero-order chi connectivity index (χ0) is 16.3. The fourth-order valence-corrected chi connectivity index (χ4v) is 3.77. The average Bonchev–Trinajstić information content (AvgIpc) is 3.00. The molecule has 2 fully saturated rings. The van der Waals surface area contributed by atoms with Gasteiger partial charge < -0.3 is 10.4 Å². The van der Waals surface area contributed by atoms with E-state index < -0.39 is 5.60 Å². The maximum absolute atomic E-state index is 12.3. The summed E-state index contributed by atoms with van der Waals surface area (Å²) >= 11 is 0. The Morgan fingerprint density at radius 2 is 1.91 bits per heavy atom. The zero-order valence-electron chi connectivity index (χ0n) is 14.1. The molecular formula is C19H28N2O2. The molecule has 3 rings (SSSR count). The van der Waals surface area contributed by atoms with Crippen LogP contribution in [0.3, 0.4) is 0 Å². The fraction of sp³-hybridized carbons (Fsp3) is 0.632. The highest BCUT2D eigenvalue weighted by Gasteiger charge is 2.39. The van der Waals surface area contributed by atoms with Gasteiger partial charge >= 0.3 is 0 Å². The highest BCUT2D eigenvalue weighted by molar-refractivity contribution is 5.85. The van der Waals surface area contributed by atoms with Crippen molar-refractivity contribution in [3.05, 3.63) is 35.4 Å². The van der Waals surface area contributed by atoms with Gasteiger partial charge in [-0.2, -0.15) is 0 Å². The molecule has 0 spiro atoms. The third-order valence-electron chi connectivity index (χ3n) is 5.43. The second-order valence-corrected chi connectivity index (χ2v) is 7.19. The van der Waals surface area contributed by atoms with Gasteiger partial charge in [0.1, 0.15) is 5.60 Å². The number of nitrogens with one attached hydrogen (secondary N) is 1. The minimum absolute atomic E-state index is 0.146. The van der Waals surface area contributed by atoms with Gasteiger partial charge in [0.2, 0.25) is 0 Å². The molecule has 1 aromatic rings. The van der Waals surface area contributed by atoms with E-state index in [2.05, 4.69) is 41.4 Å². The molecule has 1 amide bonds. The second-order valence-electron chi connectivity index (χ2n) is 7.19. The maximum atomic E-state index is 12.3. The Hall–Kier alpha value is -1.39. The number of aliphatic hydroxyl groups is 1. The van der Waals surface area contributed by atoms with E-state index in [0.29, 0.717) is 12.8 Å². The Bertz CT molecular complexity index is 544. The fourth-order valence-electron chi connectivity index (χ4n) is 3.77. The first kappa shape index (κ1) is 16.5. The number of likely N-dealkylation sites (tertiary alicyclic amines) is 1. The number of piperidine rings is 1. The van der Waals surface area contributed by atoms with Crippen molar-refractivity contribution in [1.29, 1.82) is 0 Å². The number of carbonyl (C=O) groups excluding carboxylic acids is 1. The molecule has 23 heavy (non-hydrogen) atoms. The van der Waals surface area contributed by atoms with E-state index in [0.717, 1.165) is 45.3 Å². The first-order valence-electron chi connectivity index (χ1n) is 8.87. The number of hydrogen-bond donors (Lipinski definition) is 2. The van der Waals surface area contributed by atoms with Gasteiger partial charge in [0.15, 0.2) is 0 Å². The third kappa shape index (κ3) is 3.93. The van der Waals surface area contributed by atoms with E-state index >= 15 is 0 Å². The number of amides is 1. The predicted molar refractivity (Wildman–Crippen MR) is 91.0 cm³/mol. The smallest absolute Gasteiger partial charge is 0.252 e. The van der Waals surface area contributed by atoms with E-state index in [1.165, 1.54) is 11.1 Å². The normalized spacial score (nSPS) is 22.2. The van der Waals surface area contributed by atoms with Crippen LogP contribution in [-0.2, 0) is 11.3 Å². The highest BCUT2D eigenvalue weighted by Crippen LogP contribution is 2.30. The molecular weight excluding hydrogens is 288 g/mol. The maximum Gasteiger partial charge on any atom is 0.252 e. The topological polar surface area (TPSA) is 52.6 Å². The Labute approximate surface area is 138 Å². The number of rotatable bonds is 4. The Morgan fingerprint density at radius 3 is 2.57 bits per heavy atom. The van der Waals surface area contributed by atoms with Gasteiger partial charge in [-0.25, -0.2) is 0 Å². The molecule has 1 aliphatic heterocycles. The molecule has 0 radical (unpaired) electrons. The molecule has 126 valence electrons. The van der Waals surface area contributed by atoms with Crippen molar-refractivity contribution in [2.45, 2.75) is 63.6 Å². The molecule has 1 aliphatic carbocycles. The minimum Gasteiger partial charge on any atom is -0.380 e. The van der Waals surface area contributed by atoms with Gasteiger partial charge in [0.25, 0.3) is 5.91 Å². The Balaban J connectivity index is 1.47. The summed E-state index contributed by atoms with van der Waals surface area (Å²) in [6.07, 6.45) is 5.08. The lowest BCUT2D eigenvalue weighted by atomic mass is 9.98. The van der Waals surface area contributed by atoms with Crippen LogP contribution >= 0.6 is 0 Å². The van der Waals surface area contributed by atoms with Crippen LogP contribution in [0, 0.1) is 6.92 Å². The number of benzene rings is 1. The van der Waals surface area contributed by atoms with E-state index in [1.807, 2.05) is 0 Å². The van der Waals surface area contributed by atoms with Crippen LogP contribution in [0.1, 0.15) is 49.7 Å². The monoisotopic (exact) mass is 316 g/mol. The standard InChI is InChI=1S/C19H28N2O2/c1-15-6-2-3-7-16(15)14-21-12-8-17(9-13-21)20-18(22)19(23)10-4-5-11-19/h2-3,6-7,17,23H,4-5,8-14H2,1H3,(H,20,22). The summed E-state index contributed by atoms with van der Waals surface area (Å²) in [6, 6.07) is 8.73. The summed E-state index contributed by atoms with van der Waals surface area (Å²) in [7, 11) is 0. The van der Waals surface area contributed by atoms with Crippen LogP contribution in [0.4, 0.5) is 0 Å². The summed E-state index contributed by atoms with van der Waals surface area (Å²) in [5.74, 6) is -0.146. The molecule has 1 saturated carbocycles. The second kappa shape index (κ2) is 7.02. The largest absolute Gasteiger partial charge is 0.380 e. The first-order valence-corrected chi connectivity index (χ1v) is 8.87. The molecule has 1 heterocycles. The molecule has 0 atom stereocenters.